The van der Waals surface area contributed by atoms with Crippen LogP contribution in [-0.2, 0) is 4.79 Å². The summed E-state index contributed by atoms with van der Waals surface area (Å²) >= 11 is 5.89. The summed E-state index contributed by atoms with van der Waals surface area (Å²) in [6.07, 6.45) is 5.11. The van der Waals surface area contributed by atoms with E-state index in [1.54, 1.807) is 54.6 Å². The molecule has 0 saturated heterocycles. The molecule has 13 heteroatoms. The fourth-order valence-electron chi connectivity index (χ4n) is 6.02. The summed E-state index contributed by atoms with van der Waals surface area (Å²) in [5, 5.41) is 11.7. The van der Waals surface area contributed by atoms with E-state index < -0.39 is 11.9 Å². The number of carbonyl (C=O) groups is 5. The van der Waals surface area contributed by atoms with Gasteiger partial charge in [-0.25, -0.2) is 14.8 Å². The summed E-state index contributed by atoms with van der Waals surface area (Å²) in [5.74, 6) is 4.42. The Morgan fingerprint density at radius 2 is 1.67 bits per heavy atom. The number of benzene rings is 2. The Morgan fingerprint density at radius 1 is 0.889 bits per heavy atom. The van der Waals surface area contributed by atoms with Gasteiger partial charge in [0, 0.05) is 65.8 Å². The van der Waals surface area contributed by atoms with E-state index in [2.05, 4.69) is 43.1 Å². The van der Waals surface area contributed by atoms with Crippen molar-refractivity contribution in [1.82, 2.24) is 15.3 Å². The fraction of sp³-hybridized carbons (Fsp3) is 0.293. The number of nitrogens with two attached hydrogens (primary N) is 1. The Kier molecular flexibility index (Phi) is 13.1. The zero-order valence-electron chi connectivity index (χ0n) is 30.3. The van der Waals surface area contributed by atoms with Crippen LogP contribution in [0.25, 0.3) is 0 Å². The summed E-state index contributed by atoms with van der Waals surface area (Å²) in [6, 6.07) is 16.3. The number of pyridine rings is 2. The van der Waals surface area contributed by atoms with Crippen LogP contribution < -0.4 is 27.0 Å². The molecule has 0 radical (unpaired) electrons. The number of hydrogen-bond donors (Lipinski definition) is 5. The first kappa shape index (κ1) is 39.2. The maximum atomic E-state index is 13.4. The molecular weight excluding hydrogens is 706 g/mol. The Morgan fingerprint density at radius 3 is 2.46 bits per heavy atom. The van der Waals surface area contributed by atoms with Gasteiger partial charge in [-0.3, -0.25) is 19.2 Å². The maximum absolute atomic E-state index is 13.4. The molecule has 4 aromatic rings. The molecule has 12 nitrogen and oxygen atoms in total. The predicted molar refractivity (Wildman–Crippen MR) is 210 cm³/mol. The summed E-state index contributed by atoms with van der Waals surface area (Å²) in [7, 11) is 0. The lowest BCUT2D eigenvalue weighted by molar-refractivity contribution is -0.122. The molecule has 0 spiro atoms. The van der Waals surface area contributed by atoms with E-state index in [0.717, 1.165) is 0 Å². The first-order valence-corrected chi connectivity index (χ1v) is 18.1. The molecule has 6 N–H and O–H groups in total. The summed E-state index contributed by atoms with van der Waals surface area (Å²) in [6.45, 7) is 6.56. The van der Waals surface area contributed by atoms with Crippen molar-refractivity contribution in [2.75, 3.05) is 34.8 Å². The molecule has 2 atom stereocenters. The first-order valence-electron chi connectivity index (χ1n) is 17.7. The molecule has 1 aliphatic carbocycles. The average molecular weight is 748 g/mol. The monoisotopic (exact) mass is 747 g/mol. The zero-order chi connectivity index (χ0) is 38.8. The van der Waals surface area contributed by atoms with Gasteiger partial charge in [-0.1, -0.05) is 56.5 Å². The highest BCUT2D eigenvalue weighted by Crippen LogP contribution is 2.37. The summed E-state index contributed by atoms with van der Waals surface area (Å²) in [5.41, 5.74) is 9.83. The highest BCUT2D eigenvalue weighted by Gasteiger charge is 2.43. The number of halogens is 1. The molecule has 2 aromatic carbocycles. The number of nitrogens with one attached hydrogen (secondary N) is 4. The van der Waals surface area contributed by atoms with Gasteiger partial charge in [0.05, 0.1) is 29.1 Å². The minimum Gasteiger partial charge on any atom is -0.396 e. The lowest BCUT2D eigenvalue weighted by Gasteiger charge is -2.17. The number of carbonyl (C=O) groups excluding carboxylic acids is 5. The number of fused-ring (bicyclic) bond motifs is 1. The van der Waals surface area contributed by atoms with Crippen LogP contribution in [0.1, 0.15) is 88.8 Å². The molecule has 1 aliphatic rings. The van der Waals surface area contributed by atoms with Crippen molar-refractivity contribution in [3.8, 4) is 11.8 Å². The molecule has 2 heterocycles. The molecule has 278 valence electrons. The topological polar surface area (TPSA) is 185 Å². The van der Waals surface area contributed by atoms with E-state index in [0.29, 0.717) is 83.8 Å². The number of anilines is 4. The molecule has 0 bridgehead atoms. The van der Waals surface area contributed by atoms with Gasteiger partial charge in [0.25, 0.3) is 5.91 Å². The molecule has 2 aromatic heterocycles. The first-order chi connectivity index (χ1) is 25.9. The van der Waals surface area contributed by atoms with Crippen LogP contribution in [0.4, 0.5) is 27.5 Å². The SMILES string of the molecule is CC(C)C(=O)CCC(C)C1C(=O)c2cccc(NCCCCNC(=O)c3cccc(C#Cc4cc(NC(=O)Nc5cc(Cl)ncc5N)ccn4)c3)c2C1=O. The highest BCUT2D eigenvalue weighted by atomic mass is 35.5. The van der Waals surface area contributed by atoms with E-state index in [1.165, 1.54) is 18.5 Å². The van der Waals surface area contributed by atoms with Crippen LogP contribution in [0.2, 0.25) is 5.15 Å². The van der Waals surface area contributed by atoms with Crippen LogP contribution in [0, 0.1) is 29.6 Å². The van der Waals surface area contributed by atoms with E-state index in [1.807, 2.05) is 20.8 Å². The molecule has 3 amide bonds. The number of rotatable bonds is 14. The van der Waals surface area contributed by atoms with Crippen molar-refractivity contribution in [1.29, 1.82) is 0 Å². The van der Waals surface area contributed by atoms with E-state index in [9.17, 15) is 24.0 Å². The van der Waals surface area contributed by atoms with E-state index >= 15 is 0 Å². The lowest BCUT2D eigenvalue weighted by Crippen LogP contribution is -2.25. The van der Waals surface area contributed by atoms with Crippen LogP contribution in [0.5, 0.6) is 0 Å². The van der Waals surface area contributed by atoms with Crippen molar-refractivity contribution in [3.05, 3.63) is 106 Å². The lowest BCUT2D eigenvalue weighted by atomic mass is 9.85. The van der Waals surface area contributed by atoms with Crippen molar-refractivity contribution < 1.29 is 24.0 Å². The highest BCUT2D eigenvalue weighted by molar-refractivity contribution is 6.30. The van der Waals surface area contributed by atoms with Crippen LogP contribution in [0.3, 0.4) is 0 Å². The maximum Gasteiger partial charge on any atom is 0.323 e. The second kappa shape index (κ2) is 18.1. The number of unbranched alkanes of at least 4 members (excludes halogenated alkanes) is 1. The molecular formula is C41H42ClN7O5. The predicted octanol–water partition coefficient (Wildman–Crippen LogP) is 7.01. The smallest absolute Gasteiger partial charge is 0.323 e. The largest absolute Gasteiger partial charge is 0.396 e. The average Bonchev–Trinajstić information content (AvgIpc) is 3.41. The van der Waals surface area contributed by atoms with Crippen LogP contribution in [-0.4, -0.2) is 52.3 Å². The summed E-state index contributed by atoms with van der Waals surface area (Å²) < 4.78 is 0. The van der Waals surface area contributed by atoms with E-state index in [4.69, 9.17) is 17.3 Å². The Balaban J connectivity index is 1.08. The van der Waals surface area contributed by atoms with Crippen molar-refractivity contribution in [2.45, 2.75) is 46.5 Å². The van der Waals surface area contributed by atoms with E-state index in [-0.39, 0.29) is 45.9 Å². The molecule has 0 saturated carbocycles. The second-order valence-electron chi connectivity index (χ2n) is 13.4. The minimum atomic E-state index is -0.770. The van der Waals surface area contributed by atoms with Gasteiger partial charge in [0.15, 0.2) is 11.6 Å². The normalized spacial score (nSPS) is 13.8. The quantitative estimate of drug-likeness (QED) is 0.0392. The standard InChI is InChI=1S/C41H42ClN7O5/c1-24(2)34(50)15-12-25(3)36-38(51)30-10-7-11-32(37(30)39(36)52)45-17-4-5-18-46-40(53)27-9-6-8-26(20-27)13-14-28-21-29(16-19-44-28)48-41(54)49-33-22-35(42)47-23-31(33)43/h6-11,16,19-25,36,45H,4-5,12,15,17-18,43H2,1-3H3,(H,46,53)(H2,44,47,48,49,54). The van der Waals surface area contributed by atoms with Crippen molar-refractivity contribution in [2.24, 2.45) is 17.8 Å². The van der Waals surface area contributed by atoms with Gasteiger partial charge in [-0.15, -0.1) is 0 Å². The number of nitrogens with zero attached hydrogens (tertiary/aromatic N) is 2. The van der Waals surface area contributed by atoms with Gasteiger partial charge in [-0.2, -0.15) is 0 Å². The van der Waals surface area contributed by atoms with Crippen LogP contribution >= 0.6 is 11.6 Å². The third kappa shape index (κ3) is 10.1. The number of nitrogen functional groups attached to an aromatic ring is 1. The Bertz CT molecular complexity index is 2140. The summed E-state index contributed by atoms with van der Waals surface area (Å²) in [4.78, 5) is 72.2. The zero-order valence-corrected chi connectivity index (χ0v) is 31.0. The van der Waals surface area contributed by atoms with Crippen molar-refractivity contribution in [3.63, 3.8) is 0 Å². The molecule has 0 fully saturated rings. The minimum absolute atomic E-state index is 0.0746. The Hall–Kier alpha value is -6.06. The number of ketones is 3. The van der Waals surface area contributed by atoms with Gasteiger partial charge < -0.3 is 27.0 Å². The molecule has 5 rings (SSSR count). The van der Waals surface area contributed by atoms with Gasteiger partial charge in [0.2, 0.25) is 0 Å². The molecule has 0 aliphatic heterocycles. The van der Waals surface area contributed by atoms with Gasteiger partial charge in [0.1, 0.15) is 16.6 Å². The fourth-order valence-corrected chi connectivity index (χ4v) is 6.17. The number of aromatic nitrogens is 2. The van der Waals surface area contributed by atoms with Crippen LogP contribution in [0.15, 0.2) is 73.1 Å². The number of urea groups is 1. The third-order valence-electron chi connectivity index (χ3n) is 9.03. The van der Waals surface area contributed by atoms with Crippen molar-refractivity contribution >= 4 is 63.6 Å². The number of hydrogen-bond acceptors (Lipinski definition) is 9. The second-order valence-corrected chi connectivity index (χ2v) is 13.8. The Labute approximate surface area is 319 Å². The number of Topliss-reactive ketones (excluding diaryl/α,β-unsaturated/α-hetero) is 3. The molecule has 2 unspecified atom stereocenters. The molecule has 54 heavy (non-hydrogen) atoms. The third-order valence-corrected chi connectivity index (χ3v) is 9.24. The number of amides is 3. The van der Waals surface area contributed by atoms with Gasteiger partial charge in [-0.05, 0) is 67.5 Å². The van der Waals surface area contributed by atoms with Gasteiger partial charge >= 0.3 is 6.03 Å².